The molecule has 22 heavy (non-hydrogen) atoms. The van der Waals surface area contributed by atoms with Crippen molar-refractivity contribution in [3.8, 4) is 0 Å². The molecule has 3 amide bonds. The Labute approximate surface area is 132 Å². The molecule has 1 N–H and O–H groups in total. The van der Waals surface area contributed by atoms with E-state index in [-0.39, 0.29) is 12.5 Å². The summed E-state index contributed by atoms with van der Waals surface area (Å²) < 4.78 is 0. The van der Waals surface area contributed by atoms with Crippen LogP contribution in [0, 0.1) is 0 Å². The lowest BCUT2D eigenvalue weighted by molar-refractivity contribution is -0.131. The van der Waals surface area contributed by atoms with Gasteiger partial charge in [0.1, 0.15) is 0 Å². The lowest BCUT2D eigenvalue weighted by Gasteiger charge is -2.20. The second-order valence-corrected chi connectivity index (χ2v) is 5.73. The first-order valence-electron chi connectivity index (χ1n) is 6.81. The lowest BCUT2D eigenvalue weighted by Crippen LogP contribution is -2.41. The van der Waals surface area contributed by atoms with Crippen molar-refractivity contribution in [1.29, 1.82) is 0 Å². The summed E-state index contributed by atoms with van der Waals surface area (Å²) in [7, 11) is 0. The molecule has 2 aromatic rings. The van der Waals surface area contributed by atoms with Crippen LogP contribution in [0.5, 0.6) is 0 Å². The minimum absolute atomic E-state index is 0.174. The third kappa shape index (κ3) is 2.44. The van der Waals surface area contributed by atoms with Crippen LogP contribution in [0.25, 0.3) is 0 Å². The van der Waals surface area contributed by atoms with E-state index in [0.717, 1.165) is 5.56 Å². The fourth-order valence-electron chi connectivity index (χ4n) is 2.49. The van der Waals surface area contributed by atoms with Gasteiger partial charge in [-0.25, -0.2) is 4.79 Å². The summed E-state index contributed by atoms with van der Waals surface area (Å²) in [6.07, 6.45) is 1.60. The number of amides is 3. The summed E-state index contributed by atoms with van der Waals surface area (Å²) in [5, 5.41) is 3.29. The monoisotopic (exact) mass is 315 g/mol. The Bertz CT molecular complexity index is 735. The molecule has 0 radical (unpaired) electrons. The van der Waals surface area contributed by atoms with Gasteiger partial charge in [-0.2, -0.15) is 0 Å². The van der Waals surface area contributed by atoms with E-state index in [9.17, 15) is 9.59 Å². The molecule has 1 atom stereocenters. The largest absolute Gasteiger partial charge is 0.325 e. The van der Waals surface area contributed by atoms with Gasteiger partial charge in [-0.3, -0.25) is 14.7 Å². The van der Waals surface area contributed by atoms with E-state index in [1.807, 2.05) is 6.07 Å². The Balaban J connectivity index is 1.89. The van der Waals surface area contributed by atoms with Gasteiger partial charge in [0.15, 0.2) is 5.54 Å². The molecule has 1 aromatic heterocycles. The number of carbonyl (C=O) groups excluding carboxylic acids is 2. The normalized spacial score (nSPS) is 21.1. The molecule has 1 aromatic carbocycles. The van der Waals surface area contributed by atoms with Gasteiger partial charge in [0, 0.05) is 11.2 Å². The Morgan fingerprint density at radius 3 is 2.73 bits per heavy atom. The second kappa shape index (κ2) is 5.42. The van der Waals surface area contributed by atoms with Crippen LogP contribution in [-0.2, 0) is 16.9 Å². The maximum absolute atomic E-state index is 12.7. The highest BCUT2D eigenvalue weighted by molar-refractivity contribution is 6.30. The smallest absolute Gasteiger partial charge is 0.318 e. The highest BCUT2D eigenvalue weighted by Crippen LogP contribution is 2.28. The van der Waals surface area contributed by atoms with Gasteiger partial charge in [-0.05, 0) is 36.8 Å². The maximum atomic E-state index is 12.7. The summed E-state index contributed by atoms with van der Waals surface area (Å²) in [5.74, 6) is -0.323. The molecular weight excluding hydrogens is 302 g/mol. The minimum Gasteiger partial charge on any atom is -0.318 e. The number of hydrogen-bond donors (Lipinski definition) is 1. The van der Waals surface area contributed by atoms with E-state index < -0.39 is 11.6 Å². The van der Waals surface area contributed by atoms with E-state index in [4.69, 9.17) is 11.6 Å². The van der Waals surface area contributed by atoms with Crippen molar-refractivity contribution in [3.63, 3.8) is 0 Å². The zero-order valence-electron chi connectivity index (χ0n) is 11.9. The first kappa shape index (κ1) is 14.5. The van der Waals surface area contributed by atoms with Crippen LogP contribution < -0.4 is 5.32 Å². The van der Waals surface area contributed by atoms with Crippen LogP contribution in [0.3, 0.4) is 0 Å². The number of nitrogens with zero attached hydrogens (tertiary/aromatic N) is 2. The maximum Gasteiger partial charge on any atom is 0.325 e. The van der Waals surface area contributed by atoms with Crippen molar-refractivity contribution in [2.45, 2.75) is 19.0 Å². The molecule has 0 spiro atoms. The molecule has 1 aliphatic rings. The number of urea groups is 1. The van der Waals surface area contributed by atoms with Crippen LogP contribution in [0.2, 0.25) is 5.02 Å². The number of imide groups is 1. The molecule has 5 nitrogen and oxygen atoms in total. The first-order valence-corrected chi connectivity index (χ1v) is 7.18. The molecular formula is C16H14ClN3O2. The Morgan fingerprint density at radius 2 is 2.05 bits per heavy atom. The molecule has 1 saturated heterocycles. The minimum atomic E-state index is -1.14. The fraction of sp³-hybridized carbons (Fsp3) is 0.188. The Morgan fingerprint density at radius 1 is 1.23 bits per heavy atom. The molecule has 0 saturated carbocycles. The van der Waals surface area contributed by atoms with Crippen molar-refractivity contribution < 1.29 is 9.59 Å². The molecule has 6 heteroatoms. The topological polar surface area (TPSA) is 62.3 Å². The van der Waals surface area contributed by atoms with Crippen LogP contribution in [0.15, 0.2) is 48.7 Å². The van der Waals surface area contributed by atoms with Gasteiger partial charge in [-0.1, -0.05) is 29.8 Å². The molecule has 0 aliphatic carbocycles. The number of benzene rings is 1. The number of hydrogen-bond acceptors (Lipinski definition) is 3. The molecule has 1 aliphatic heterocycles. The first-order chi connectivity index (χ1) is 10.5. The van der Waals surface area contributed by atoms with E-state index in [1.54, 1.807) is 49.5 Å². The van der Waals surface area contributed by atoms with Crippen LogP contribution in [0.4, 0.5) is 4.79 Å². The van der Waals surface area contributed by atoms with Crippen LogP contribution >= 0.6 is 11.6 Å². The summed E-state index contributed by atoms with van der Waals surface area (Å²) in [6.45, 7) is 1.83. The average Bonchev–Trinajstić information content (AvgIpc) is 2.73. The molecule has 0 unspecified atom stereocenters. The summed E-state index contributed by atoms with van der Waals surface area (Å²) in [5.41, 5.74) is 0.167. The van der Waals surface area contributed by atoms with Gasteiger partial charge in [0.2, 0.25) is 0 Å². The van der Waals surface area contributed by atoms with E-state index in [1.165, 1.54) is 4.90 Å². The van der Waals surface area contributed by atoms with E-state index in [2.05, 4.69) is 10.3 Å². The highest BCUT2D eigenvalue weighted by atomic mass is 35.5. The summed E-state index contributed by atoms with van der Waals surface area (Å²) >= 11 is 5.94. The Hall–Kier alpha value is -2.40. The van der Waals surface area contributed by atoms with Crippen molar-refractivity contribution in [2.24, 2.45) is 0 Å². The van der Waals surface area contributed by atoms with Crippen molar-refractivity contribution in [3.05, 3.63) is 64.9 Å². The zero-order valence-corrected chi connectivity index (χ0v) is 12.7. The molecule has 1 fully saturated rings. The third-order valence-electron chi connectivity index (χ3n) is 3.68. The average molecular weight is 316 g/mol. The predicted molar refractivity (Wildman–Crippen MR) is 82.1 cm³/mol. The summed E-state index contributed by atoms with van der Waals surface area (Å²) in [6, 6.07) is 11.9. The van der Waals surface area contributed by atoms with Gasteiger partial charge < -0.3 is 5.32 Å². The number of aromatic nitrogens is 1. The van der Waals surface area contributed by atoms with Crippen molar-refractivity contribution in [1.82, 2.24) is 15.2 Å². The fourth-order valence-corrected chi connectivity index (χ4v) is 2.70. The van der Waals surface area contributed by atoms with E-state index >= 15 is 0 Å². The van der Waals surface area contributed by atoms with Gasteiger partial charge >= 0.3 is 6.03 Å². The standard InChI is InChI=1S/C16H14ClN3O2/c1-16(13-7-2-3-8-18-13)14(21)20(15(22)19-16)10-11-5-4-6-12(17)9-11/h2-9H,10H2,1H3,(H,19,22)/t16-/m1/s1. The third-order valence-corrected chi connectivity index (χ3v) is 3.92. The number of carbonyl (C=O) groups is 2. The number of rotatable bonds is 3. The predicted octanol–water partition coefficient (Wildman–Crippen LogP) is 2.70. The summed E-state index contributed by atoms with van der Waals surface area (Å²) in [4.78, 5) is 30.3. The number of halogens is 1. The highest BCUT2D eigenvalue weighted by Gasteiger charge is 2.49. The molecule has 3 rings (SSSR count). The molecule has 112 valence electrons. The van der Waals surface area contributed by atoms with Crippen LogP contribution in [0.1, 0.15) is 18.2 Å². The lowest BCUT2D eigenvalue weighted by atomic mass is 9.97. The van der Waals surface area contributed by atoms with Crippen LogP contribution in [-0.4, -0.2) is 21.8 Å². The molecule has 0 bridgehead atoms. The van der Waals surface area contributed by atoms with Crippen molar-refractivity contribution in [2.75, 3.05) is 0 Å². The zero-order chi connectivity index (χ0) is 15.7. The van der Waals surface area contributed by atoms with E-state index in [0.29, 0.717) is 10.7 Å². The van der Waals surface area contributed by atoms with Crippen molar-refractivity contribution >= 4 is 23.5 Å². The van der Waals surface area contributed by atoms with Gasteiger partial charge in [0.05, 0.1) is 12.2 Å². The van der Waals surface area contributed by atoms with Gasteiger partial charge in [0.25, 0.3) is 5.91 Å². The Kier molecular flexibility index (Phi) is 3.58. The quantitative estimate of drug-likeness (QED) is 0.886. The van der Waals surface area contributed by atoms with Gasteiger partial charge in [-0.15, -0.1) is 0 Å². The molecule has 2 heterocycles. The number of nitrogens with one attached hydrogen (secondary N) is 1. The SMILES string of the molecule is C[C@]1(c2ccccn2)NC(=O)N(Cc2cccc(Cl)c2)C1=O. The number of pyridine rings is 1. The second-order valence-electron chi connectivity index (χ2n) is 5.29.